The Morgan fingerprint density at radius 3 is 2.95 bits per heavy atom. The van der Waals surface area contributed by atoms with Crippen molar-refractivity contribution in [3.8, 4) is 6.07 Å². The summed E-state index contributed by atoms with van der Waals surface area (Å²) in [6.07, 6.45) is 4.40. The monoisotopic (exact) mass is 258 g/mol. The second-order valence-electron chi connectivity index (χ2n) is 3.80. The third-order valence-electron chi connectivity index (χ3n) is 2.49. The van der Waals surface area contributed by atoms with Crippen molar-refractivity contribution in [2.45, 2.75) is 13.0 Å². The molecule has 0 bridgehead atoms. The SMILES string of the molecule is CC(Nc1ncc([N+](=O)[O-])cc1C#N)c1ncc[nH]1. The number of anilines is 1. The molecule has 0 fully saturated rings. The van der Waals surface area contributed by atoms with Crippen molar-refractivity contribution in [3.63, 3.8) is 0 Å². The van der Waals surface area contributed by atoms with E-state index in [0.29, 0.717) is 5.82 Å². The molecule has 0 aliphatic carbocycles. The lowest BCUT2D eigenvalue weighted by Gasteiger charge is -2.12. The highest BCUT2D eigenvalue weighted by atomic mass is 16.6. The Kier molecular flexibility index (Phi) is 3.38. The molecule has 1 atom stereocenters. The molecule has 0 spiro atoms. The number of H-pyrrole nitrogens is 1. The zero-order valence-electron chi connectivity index (χ0n) is 9.99. The molecule has 19 heavy (non-hydrogen) atoms. The van der Waals surface area contributed by atoms with Crippen LogP contribution in [-0.2, 0) is 0 Å². The van der Waals surface area contributed by atoms with E-state index in [1.54, 1.807) is 12.4 Å². The molecular formula is C11H10N6O2. The van der Waals surface area contributed by atoms with E-state index in [2.05, 4.69) is 20.3 Å². The third kappa shape index (κ3) is 2.66. The number of aromatic nitrogens is 3. The van der Waals surface area contributed by atoms with Crippen LogP contribution in [0.2, 0.25) is 0 Å². The fraction of sp³-hybridized carbons (Fsp3) is 0.182. The Balaban J connectivity index is 2.26. The van der Waals surface area contributed by atoms with Gasteiger partial charge >= 0.3 is 0 Å². The van der Waals surface area contributed by atoms with Crippen molar-refractivity contribution in [3.05, 3.63) is 46.2 Å². The minimum absolute atomic E-state index is 0.118. The van der Waals surface area contributed by atoms with Gasteiger partial charge in [0.2, 0.25) is 0 Å². The standard InChI is InChI=1S/C11H10N6O2/c1-7(10-13-2-3-14-10)16-11-8(5-12)4-9(6-15-11)17(18)19/h2-4,6-7H,1H3,(H,13,14)(H,15,16). The Bertz CT molecular complexity index is 631. The molecule has 0 radical (unpaired) electrons. The number of aromatic amines is 1. The summed E-state index contributed by atoms with van der Waals surface area (Å²) in [5, 5.41) is 22.6. The first kappa shape index (κ1) is 12.5. The number of nitriles is 1. The first-order chi connectivity index (χ1) is 9.11. The average Bonchev–Trinajstić information content (AvgIpc) is 2.92. The van der Waals surface area contributed by atoms with E-state index in [-0.39, 0.29) is 23.1 Å². The van der Waals surface area contributed by atoms with Crippen LogP contribution in [0, 0.1) is 21.4 Å². The summed E-state index contributed by atoms with van der Waals surface area (Å²) in [5.74, 6) is 0.973. The van der Waals surface area contributed by atoms with Crippen molar-refractivity contribution in [2.75, 3.05) is 5.32 Å². The van der Waals surface area contributed by atoms with Crippen LogP contribution in [0.3, 0.4) is 0 Å². The lowest BCUT2D eigenvalue weighted by Crippen LogP contribution is -2.11. The van der Waals surface area contributed by atoms with Crippen molar-refractivity contribution in [1.82, 2.24) is 15.0 Å². The molecule has 2 N–H and O–H groups in total. The molecule has 0 aromatic carbocycles. The maximum Gasteiger partial charge on any atom is 0.289 e. The lowest BCUT2D eigenvalue weighted by molar-refractivity contribution is -0.385. The average molecular weight is 258 g/mol. The smallest absolute Gasteiger partial charge is 0.289 e. The number of nitrogens with zero attached hydrogens (tertiary/aromatic N) is 4. The van der Waals surface area contributed by atoms with E-state index in [9.17, 15) is 10.1 Å². The second-order valence-corrected chi connectivity index (χ2v) is 3.80. The fourth-order valence-corrected chi connectivity index (χ4v) is 1.54. The van der Waals surface area contributed by atoms with Gasteiger partial charge in [0.25, 0.3) is 5.69 Å². The molecule has 0 saturated heterocycles. The van der Waals surface area contributed by atoms with Crippen LogP contribution in [0.25, 0.3) is 0 Å². The van der Waals surface area contributed by atoms with Crippen LogP contribution in [0.1, 0.15) is 24.4 Å². The maximum atomic E-state index is 10.6. The second kappa shape index (κ2) is 5.14. The van der Waals surface area contributed by atoms with Gasteiger partial charge in [-0.15, -0.1) is 0 Å². The fourth-order valence-electron chi connectivity index (χ4n) is 1.54. The predicted octanol–water partition coefficient (Wildman–Crippen LogP) is 1.76. The van der Waals surface area contributed by atoms with Gasteiger partial charge in [-0.1, -0.05) is 0 Å². The molecule has 2 aromatic rings. The molecule has 8 nitrogen and oxygen atoms in total. The molecular weight excluding hydrogens is 248 g/mol. The quantitative estimate of drug-likeness (QED) is 0.636. The number of nitro groups is 1. The van der Waals surface area contributed by atoms with Gasteiger partial charge in [-0.05, 0) is 6.92 Å². The van der Waals surface area contributed by atoms with Crippen LogP contribution in [0.5, 0.6) is 0 Å². The van der Waals surface area contributed by atoms with Gasteiger partial charge in [-0.3, -0.25) is 10.1 Å². The molecule has 96 valence electrons. The predicted molar refractivity (Wildman–Crippen MR) is 66.2 cm³/mol. The van der Waals surface area contributed by atoms with E-state index in [0.717, 1.165) is 6.20 Å². The highest BCUT2D eigenvalue weighted by molar-refractivity contribution is 5.56. The molecule has 1 unspecified atom stereocenters. The van der Waals surface area contributed by atoms with Crippen LogP contribution in [0.4, 0.5) is 11.5 Å². The molecule has 0 amide bonds. The molecule has 0 saturated carbocycles. The summed E-state index contributed by atoms with van der Waals surface area (Å²) >= 11 is 0. The van der Waals surface area contributed by atoms with E-state index >= 15 is 0 Å². The molecule has 8 heteroatoms. The van der Waals surface area contributed by atoms with Crippen LogP contribution < -0.4 is 5.32 Å². The Morgan fingerprint density at radius 2 is 2.37 bits per heavy atom. The number of hydrogen-bond acceptors (Lipinski definition) is 6. The van der Waals surface area contributed by atoms with Crippen LogP contribution in [-0.4, -0.2) is 19.9 Å². The van der Waals surface area contributed by atoms with Crippen molar-refractivity contribution in [1.29, 1.82) is 5.26 Å². The van der Waals surface area contributed by atoms with Crippen LogP contribution in [0.15, 0.2) is 24.7 Å². The minimum Gasteiger partial charge on any atom is -0.359 e. The first-order valence-electron chi connectivity index (χ1n) is 5.42. The topological polar surface area (TPSA) is 121 Å². The molecule has 2 aromatic heterocycles. The summed E-state index contributed by atoms with van der Waals surface area (Å²) in [4.78, 5) is 20.9. The van der Waals surface area contributed by atoms with Gasteiger partial charge < -0.3 is 10.3 Å². The highest BCUT2D eigenvalue weighted by Gasteiger charge is 2.15. The summed E-state index contributed by atoms with van der Waals surface area (Å²) in [5.41, 5.74) is -0.0969. The van der Waals surface area contributed by atoms with Gasteiger partial charge in [0.1, 0.15) is 29.5 Å². The van der Waals surface area contributed by atoms with Gasteiger partial charge in [0.15, 0.2) is 0 Å². The third-order valence-corrected chi connectivity index (χ3v) is 2.49. The Labute approximate surface area is 108 Å². The number of nitrogens with one attached hydrogen (secondary N) is 2. The van der Waals surface area contributed by atoms with E-state index in [1.165, 1.54) is 6.07 Å². The maximum absolute atomic E-state index is 10.6. The number of pyridine rings is 1. The zero-order valence-corrected chi connectivity index (χ0v) is 9.99. The number of rotatable bonds is 4. The summed E-state index contributed by atoms with van der Waals surface area (Å²) in [6, 6.07) is 2.87. The molecule has 2 rings (SSSR count). The van der Waals surface area contributed by atoms with E-state index in [1.807, 2.05) is 13.0 Å². The first-order valence-corrected chi connectivity index (χ1v) is 5.42. The molecule has 0 aliphatic heterocycles. The minimum atomic E-state index is -0.590. The summed E-state index contributed by atoms with van der Waals surface area (Å²) in [6.45, 7) is 1.84. The molecule has 0 aliphatic rings. The van der Waals surface area contributed by atoms with Gasteiger partial charge in [0, 0.05) is 18.5 Å². The van der Waals surface area contributed by atoms with Gasteiger partial charge in [0.05, 0.1) is 11.0 Å². The zero-order chi connectivity index (χ0) is 13.8. The van der Waals surface area contributed by atoms with Crippen molar-refractivity contribution in [2.24, 2.45) is 0 Å². The largest absolute Gasteiger partial charge is 0.359 e. The highest BCUT2D eigenvalue weighted by Crippen LogP contribution is 2.21. The normalized spacial score (nSPS) is 11.6. The van der Waals surface area contributed by atoms with Crippen LogP contribution >= 0.6 is 0 Å². The number of hydrogen-bond donors (Lipinski definition) is 2. The van der Waals surface area contributed by atoms with E-state index in [4.69, 9.17) is 5.26 Å². The Morgan fingerprint density at radius 1 is 1.58 bits per heavy atom. The van der Waals surface area contributed by atoms with E-state index < -0.39 is 4.92 Å². The summed E-state index contributed by atoms with van der Waals surface area (Å²) in [7, 11) is 0. The number of imidazole rings is 1. The van der Waals surface area contributed by atoms with Gasteiger partial charge in [-0.2, -0.15) is 5.26 Å². The lowest BCUT2D eigenvalue weighted by atomic mass is 10.2. The Hall–Kier alpha value is -2.95. The van der Waals surface area contributed by atoms with Crippen molar-refractivity contribution < 1.29 is 4.92 Å². The molecule has 2 heterocycles. The van der Waals surface area contributed by atoms with Crippen molar-refractivity contribution >= 4 is 11.5 Å². The summed E-state index contributed by atoms with van der Waals surface area (Å²) < 4.78 is 0. The van der Waals surface area contributed by atoms with Gasteiger partial charge in [-0.25, -0.2) is 9.97 Å².